The maximum Gasteiger partial charge on any atom is 0.225 e. The first kappa shape index (κ1) is 20.3. The largest absolute Gasteiger partial charge is 0.497 e. The molecule has 0 saturated heterocycles. The predicted octanol–water partition coefficient (Wildman–Crippen LogP) is 2.65. The van der Waals surface area contributed by atoms with Gasteiger partial charge in [0.2, 0.25) is 11.8 Å². The Balaban J connectivity index is 1.61. The van der Waals surface area contributed by atoms with E-state index in [9.17, 15) is 9.59 Å². The molecule has 144 valence electrons. The van der Waals surface area contributed by atoms with Crippen LogP contribution in [-0.4, -0.2) is 38.6 Å². The van der Waals surface area contributed by atoms with Gasteiger partial charge in [0.15, 0.2) is 0 Å². The van der Waals surface area contributed by atoms with Gasteiger partial charge in [-0.25, -0.2) is 0 Å². The lowest BCUT2D eigenvalue weighted by atomic mass is 10.2. The summed E-state index contributed by atoms with van der Waals surface area (Å²) in [6.07, 6.45) is 0.340. The summed E-state index contributed by atoms with van der Waals surface area (Å²) in [6.45, 7) is 3.13. The van der Waals surface area contributed by atoms with Crippen LogP contribution in [0, 0.1) is 0 Å². The molecule has 7 heteroatoms. The number of benzene rings is 2. The van der Waals surface area contributed by atoms with Gasteiger partial charge in [-0.3, -0.25) is 9.59 Å². The minimum absolute atomic E-state index is 0.0986. The van der Waals surface area contributed by atoms with Crippen molar-refractivity contribution in [2.75, 3.05) is 37.4 Å². The Morgan fingerprint density at radius 3 is 2.26 bits per heavy atom. The Kier molecular flexibility index (Phi) is 8.12. The molecule has 0 spiro atoms. The fourth-order valence-corrected chi connectivity index (χ4v) is 2.34. The van der Waals surface area contributed by atoms with Crippen molar-refractivity contribution in [1.29, 1.82) is 0 Å². The van der Waals surface area contributed by atoms with Gasteiger partial charge in [-0.1, -0.05) is 6.07 Å². The lowest BCUT2D eigenvalue weighted by Gasteiger charge is -2.09. The van der Waals surface area contributed by atoms with Crippen molar-refractivity contribution in [2.24, 2.45) is 0 Å². The molecule has 0 bridgehead atoms. The summed E-state index contributed by atoms with van der Waals surface area (Å²) in [5, 5.41) is 8.66. The third-order valence-electron chi connectivity index (χ3n) is 3.60. The molecular weight excluding hydrogens is 346 g/mol. The second-order valence-corrected chi connectivity index (χ2v) is 5.83. The zero-order valence-electron chi connectivity index (χ0n) is 15.6. The van der Waals surface area contributed by atoms with Gasteiger partial charge in [0.05, 0.1) is 7.11 Å². The van der Waals surface area contributed by atoms with E-state index in [0.29, 0.717) is 37.5 Å². The number of methoxy groups -OCH3 is 1. The monoisotopic (exact) mass is 371 g/mol. The molecular formula is C20H25N3O4. The van der Waals surface area contributed by atoms with Crippen molar-refractivity contribution in [2.45, 2.75) is 13.3 Å². The first-order valence-electron chi connectivity index (χ1n) is 8.72. The highest BCUT2D eigenvalue weighted by Gasteiger charge is 2.04. The SMILES string of the molecule is COc1ccc(OCCNCCC(=O)Nc2cccc(NC(C)=O)c2)cc1. The van der Waals surface area contributed by atoms with Crippen molar-refractivity contribution in [3.05, 3.63) is 48.5 Å². The van der Waals surface area contributed by atoms with E-state index in [4.69, 9.17) is 9.47 Å². The minimum Gasteiger partial charge on any atom is -0.497 e. The summed E-state index contributed by atoms with van der Waals surface area (Å²) >= 11 is 0. The predicted molar refractivity (Wildman–Crippen MR) is 105 cm³/mol. The summed E-state index contributed by atoms with van der Waals surface area (Å²) in [5.41, 5.74) is 1.29. The average molecular weight is 371 g/mol. The van der Waals surface area contributed by atoms with Crippen molar-refractivity contribution in [3.63, 3.8) is 0 Å². The first-order chi connectivity index (χ1) is 13.1. The van der Waals surface area contributed by atoms with Gasteiger partial charge < -0.3 is 25.4 Å². The standard InChI is InChI=1S/C20H25N3O4/c1-15(24)22-16-4-3-5-17(14-16)23-20(25)10-11-21-12-13-27-19-8-6-18(26-2)7-9-19/h3-9,14,21H,10-13H2,1-2H3,(H,22,24)(H,23,25). The summed E-state index contributed by atoms with van der Waals surface area (Å²) in [4.78, 5) is 23.1. The third kappa shape index (κ3) is 7.79. The van der Waals surface area contributed by atoms with Crippen LogP contribution in [-0.2, 0) is 9.59 Å². The number of carbonyl (C=O) groups is 2. The molecule has 2 aromatic carbocycles. The number of ether oxygens (including phenoxy) is 2. The van der Waals surface area contributed by atoms with E-state index in [1.54, 1.807) is 31.4 Å². The molecule has 0 aliphatic rings. The number of rotatable bonds is 10. The molecule has 0 aliphatic heterocycles. The van der Waals surface area contributed by atoms with E-state index in [0.717, 1.165) is 11.5 Å². The van der Waals surface area contributed by atoms with Crippen LogP contribution in [0.25, 0.3) is 0 Å². The maximum absolute atomic E-state index is 12.0. The highest BCUT2D eigenvalue weighted by atomic mass is 16.5. The van der Waals surface area contributed by atoms with Crippen LogP contribution >= 0.6 is 0 Å². The number of anilines is 2. The van der Waals surface area contributed by atoms with Gasteiger partial charge in [-0.05, 0) is 42.5 Å². The lowest BCUT2D eigenvalue weighted by Crippen LogP contribution is -2.25. The molecule has 2 aromatic rings. The van der Waals surface area contributed by atoms with Gasteiger partial charge >= 0.3 is 0 Å². The van der Waals surface area contributed by atoms with E-state index in [1.807, 2.05) is 24.3 Å². The molecule has 0 atom stereocenters. The zero-order valence-corrected chi connectivity index (χ0v) is 15.6. The second-order valence-electron chi connectivity index (χ2n) is 5.83. The molecule has 2 rings (SSSR count). The number of amides is 2. The molecule has 2 amide bonds. The number of nitrogens with one attached hydrogen (secondary N) is 3. The fraction of sp³-hybridized carbons (Fsp3) is 0.300. The number of carbonyl (C=O) groups excluding carboxylic acids is 2. The van der Waals surface area contributed by atoms with E-state index < -0.39 is 0 Å². The van der Waals surface area contributed by atoms with Crippen LogP contribution in [0.1, 0.15) is 13.3 Å². The molecule has 0 saturated carbocycles. The van der Waals surface area contributed by atoms with Gasteiger partial charge in [0.1, 0.15) is 18.1 Å². The van der Waals surface area contributed by atoms with Crippen molar-refractivity contribution < 1.29 is 19.1 Å². The van der Waals surface area contributed by atoms with Crippen LogP contribution in [0.5, 0.6) is 11.5 Å². The van der Waals surface area contributed by atoms with Gasteiger partial charge in [0, 0.05) is 37.8 Å². The molecule has 0 aliphatic carbocycles. The van der Waals surface area contributed by atoms with Crippen LogP contribution < -0.4 is 25.4 Å². The van der Waals surface area contributed by atoms with Crippen LogP contribution in [0.15, 0.2) is 48.5 Å². The number of hydrogen-bond donors (Lipinski definition) is 3. The molecule has 0 radical (unpaired) electrons. The normalized spacial score (nSPS) is 10.1. The van der Waals surface area contributed by atoms with Crippen molar-refractivity contribution >= 4 is 23.2 Å². The van der Waals surface area contributed by atoms with Crippen molar-refractivity contribution in [3.8, 4) is 11.5 Å². The molecule has 7 nitrogen and oxygen atoms in total. The second kappa shape index (κ2) is 10.8. The molecule has 0 fully saturated rings. The molecule has 0 unspecified atom stereocenters. The van der Waals surface area contributed by atoms with Gasteiger partial charge in [-0.15, -0.1) is 0 Å². The van der Waals surface area contributed by atoms with Crippen LogP contribution in [0.3, 0.4) is 0 Å². The first-order valence-corrected chi connectivity index (χ1v) is 8.72. The Morgan fingerprint density at radius 2 is 1.59 bits per heavy atom. The topological polar surface area (TPSA) is 88.7 Å². The quantitative estimate of drug-likeness (QED) is 0.559. The Morgan fingerprint density at radius 1 is 0.926 bits per heavy atom. The summed E-state index contributed by atoms with van der Waals surface area (Å²) in [5.74, 6) is 1.31. The van der Waals surface area contributed by atoms with Crippen LogP contribution in [0.4, 0.5) is 11.4 Å². The fourth-order valence-electron chi connectivity index (χ4n) is 2.34. The summed E-state index contributed by atoms with van der Waals surface area (Å²) in [6, 6.07) is 14.4. The summed E-state index contributed by atoms with van der Waals surface area (Å²) < 4.78 is 10.7. The number of hydrogen-bond acceptors (Lipinski definition) is 5. The van der Waals surface area contributed by atoms with Crippen molar-refractivity contribution in [1.82, 2.24) is 5.32 Å². The molecule has 3 N–H and O–H groups in total. The smallest absolute Gasteiger partial charge is 0.225 e. The van der Waals surface area contributed by atoms with E-state index >= 15 is 0 Å². The molecule has 27 heavy (non-hydrogen) atoms. The van der Waals surface area contributed by atoms with Crippen LogP contribution in [0.2, 0.25) is 0 Å². The van der Waals surface area contributed by atoms with Gasteiger partial charge in [0.25, 0.3) is 0 Å². The van der Waals surface area contributed by atoms with E-state index in [1.165, 1.54) is 6.92 Å². The van der Waals surface area contributed by atoms with Gasteiger partial charge in [-0.2, -0.15) is 0 Å². The highest BCUT2D eigenvalue weighted by Crippen LogP contribution is 2.17. The molecule has 0 aromatic heterocycles. The highest BCUT2D eigenvalue weighted by molar-refractivity contribution is 5.93. The Labute approximate surface area is 159 Å². The minimum atomic E-state index is -0.153. The average Bonchev–Trinajstić information content (AvgIpc) is 2.65. The Hall–Kier alpha value is -3.06. The summed E-state index contributed by atoms with van der Waals surface area (Å²) in [7, 11) is 1.62. The van der Waals surface area contributed by atoms with E-state index in [-0.39, 0.29) is 11.8 Å². The third-order valence-corrected chi connectivity index (χ3v) is 3.60. The maximum atomic E-state index is 12.0. The van der Waals surface area contributed by atoms with E-state index in [2.05, 4.69) is 16.0 Å². The zero-order chi connectivity index (χ0) is 19.5. The Bertz CT molecular complexity index is 747. The lowest BCUT2D eigenvalue weighted by molar-refractivity contribution is -0.116. The molecule has 0 heterocycles.